The summed E-state index contributed by atoms with van der Waals surface area (Å²) in [5.41, 5.74) is 7.02. The molecule has 0 aliphatic heterocycles. The van der Waals surface area contributed by atoms with Crippen LogP contribution in [0.5, 0.6) is 0 Å². The number of carboxylic acids is 1. The number of carboxylic acid groups (broad SMARTS) is 1. The van der Waals surface area contributed by atoms with Gasteiger partial charge in [0.25, 0.3) is 0 Å². The Labute approximate surface area is 150 Å². The molecule has 1 aromatic heterocycles. The maximum atomic E-state index is 10.6. The van der Waals surface area contributed by atoms with E-state index in [0.717, 1.165) is 36.7 Å². The summed E-state index contributed by atoms with van der Waals surface area (Å²) in [6.45, 7) is 2.98. The average Bonchev–Trinajstić information content (AvgIpc) is 2.55. The van der Waals surface area contributed by atoms with Crippen LogP contribution in [0.3, 0.4) is 0 Å². The molecule has 1 heterocycles. The van der Waals surface area contributed by atoms with Gasteiger partial charge >= 0.3 is 12.1 Å². The van der Waals surface area contributed by atoms with Gasteiger partial charge in [0, 0.05) is 38.4 Å². The van der Waals surface area contributed by atoms with E-state index in [-0.39, 0.29) is 0 Å². The zero-order chi connectivity index (χ0) is 19.9. The highest BCUT2D eigenvalue weighted by molar-refractivity contribution is 5.73. The van der Waals surface area contributed by atoms with Crippen LogP contribution in [0.1, 0.15) is 31.2 Å². The second-order valence-corrected chi connectivity index (χ2v) is 6.56. The van der Waals surface area contributed by atoms with E-state index in [9.17, 15) is 13.2 Å². The van der Waals surface area contributed by atoms with Crippen LogP contribution in [0, 0.1) is 12.8 Å². The van der Waals surface area contributed by atoms with Crippen molar-refractivity contribution in [3.8, 4) is 0 Å². The predicted octanol–water partition coefficient (Wildman–Crippen LogP) is 2.41. The van der Waals surface area contributed by atoms with Crippen molar-refractivity contribution in [1.82, 2.24) is 9.97 Å². The van der Waals surface area contributed by atoms with Gasteiger partial charge in [-0.2, -0.15) is 18.2 Å². The standard InChI is InChI=1S/C14H25N5.C2HF3O2/c1-10-8-16-14(18-13(10)19(2)3)17-9-11-4-6-12(15)7-5-11;3-2(4,5)1(6)7/h8,11-12H,4-7,9,15H2,1-3H3,(H,16,17,18);(H,6,7)/t11-,12+;. The molecule has 1 aliphatic rings. The van der Waals surface area contributed by atoms with Crippen LogP contribution in [0.4, 0.5) is 24.9 Å². The molecule has 148 valence electrons. The molecule has 0 unspecified atom stereocenters. The van der Waals surface area contributed by atoms with E-state index in [1.807, 2.05) is 32.1 Å². The first-order valence-electron chi connectivity index (χ1n) is 8.31. The Kier molecular flexibility index (Phi) is 8.07. The largest absolute Gasteiger partial charge is 0.490 e. The summed E-state index contributed by atoms with van der Waals surface area (Å²) in [6.07, 6.45) is 1.50. The van der Waals surface area contributed by atoms with Crippen LogP contribution in [-0.4, -0.2) is 53.9 Å². The van der Waals surface area contributed by atoms with Gasteiger partial charge in [0.1, 0.15) is 5.82 Å². The van der Waals surface area contributed by atoms with Crippen molar-refractivity contribution in [2.24, 2.45) is 11.7 Å². The maximum Gasteiger partial charge on any atom is 0.490 e. The smallest absolute Gasteiger partial charge is 0.475 e. The number of hydrogen-bond acceptors (Lipinski definition) is 6. The third-order valence-corrected chi connectivity index (χ3v) is 4.05. The quantitative estimate of drug-likeness (QED) is 0.740. The molecule has 1 aromatic rings. The first kappa shape index (κ1) is 21.9. The Morgan fingerprint density at radius 3 is 2.35 bits per heavy atom. The monoisotopic (exact) mass is 377 g/mol. The minimum atomic E-state index is -5.08. The lowest BCUT2D eigenvalue weighted by Gasteiger charge is -2.26. The molecule has 10 heteroatoms. The fourth-order valence-corrected chi connectivity index (χ4v) is 2.60. The van der Waals surface area contributed by atoms with E-state index < -0.39 is 12.1 Å². The van der Waals surface area contributed by atoms with Gasteiger partial charge in [-0.05, 0) is 38.5 Å². The van der Waals surface area contributed by atoms with Crippen molar-refractivity contribution in [2.75, 3.05) is 30.9 Å². The highest BCUT2D eigenvalue weighted by Crippen LogP contribution is 2.23. The summed E-state index contributed by atoms with van der Waals surface area (Å²) < 4.78 is 31.7. The summed E-state index contributed by atoms with van der Waals surface area (Å²) >= 11 is 0. The van der Waals surface area contributed by atoms with Crippen molar-refractivity contribution in [2.45, 2.75) is 44.8 Å². The number of aromatic nitrogens is 2. The zero-order valence-electron chi connectivity index (χ0n) is 15.2. The van der Waals surface area contributed by atoms with Crippen molar-refractivity contribution >= 4 is 17.7 Å². The number of nitrogens with one attached hydrogen (secondary N) is 1. The summed E-state index contributed by atoms with van der Waals surface area (Å²) in [7, 11) is 4.00. The molecule has 0 bridgehead atoms. The summed E-state index contributed by atoms with van der Waals surface area (Å²) in [5, 5.41) is 10.5. The fraction of sp³-hybridized carbons (Fsp3) is 0.688. The molecule has 0 atom stereocenters. The van der Waals surface area contributed by atoms with E-state index in [0.29, 0.717) is 12.0 Å². The number of aliphatic carboxylic acids is 1. The van der Waals surface area contributed by atoms with Gasteiger partial charge in [-0.15, -0.1) is 0 Å². The molecule has 0 saturated heterocycles. The summed E-state index contributed by atoms with van der Waals surface area (Å²) in [5.74, 6) is -0.354. The van der Waals surface area contributed by atoms with Crippen LogP contribution >= 0.6 is 0 Å². The molecular weight excluding hydrogens is 351 g/mol. The van der Waals surface area contributed by atoms with Gasteiger partial charge < -0.3 is 21.1 Å². The van der Waals surface area contributed by atoms with Crippen LogP contribution in [0.2, 0.25) is 0 Å². The van der Waals surface area contributed by atoms with E-state index in [2.05, 4.69) is 15.3 Å². The lowest BCUT2D eigenvalue weighted by molar-refractivity contribution is -0.192. The molecule has 0 spiro atoms. The first-order valence-corrected chi connectivity index (χ1v) is 8.31. The number of nitrogens with two attached hydrogens (primary N) is 1. The Hall–Kier alpha value is -2.10. The lowest BCUT2D eigenvalue weighted by atomic mass is 9.86. The van der Waals surface area contributed by atoms with Crippen LogP contribution < -0.4 is 16.0 Å². The highest BCUT2D eigenvalue weighted by Gasteiger charge is 2.38. The molecule has 2 rings (SSSR count). The van der Waals surface area contributed by atoms with E-state index in [4.69, 9.17) is 15.6 Å². The van der Waals surface area contributed by atoms with Crippen molar-refractivity contribution in [3.05, 3.63) is 11.8 Å². The van der Waals surface area contributed by atoms with Gasteiger partial charge in [0.15, 0.2) is 0 Å². The van der Waals surface area contributed by atoms with Crippen molar-refractivity contribution < 1.29 is 23.1 Å². The Balaban J connectivity index is 0.000000412. The van der Waals surface area contributed by atoms with Gasteiger partial charge in [0.05, 0.1) is 0 Å². The van der Waals surface area contributed by atoms with Crippen molar-refractivity contribution in [3.63, 3.8) is 0 Å². The second kappa shape index (κ2) is 9.56. The minimum Gasteiger partial charge on any atom is -0.475 e. The number of hydrogen-bond donors (Lipinski definition) is 3. The lowest BCUT2D eigenvalue weighted by Crippen LogP contribution is -2.29. The average molecular weight is 377 g/mol. The number of nitrogens with zero attached hydrogens (tertiary/aromatic N) is 3. The Morgan fingerprint density at radius 2 is 1.88 bits per heavy atom. The van der Waals surface area contributed by atoms with Gasteiger partial charge in [-0.1, -0.05) is 0 Å². The van der Waals surface area contributed by atoms with Gasteiger partial charge in [0.2, 0.25) is 5.95 Å². The van der Waals surface area contributed by atoms with Gasteiger partial charge in [-0.25, -0.2) is 9.78 Å². The number of anilines is 2. The van der Waals surface area contributed by atoms with E-state index in [1.54, 1.807) is 0 Å². The van der Waals surface area contributed by atoms with Crippen LogP contribution in [0.15, 0.2) is 6.20 Å². The molecule has 7 nitrogen and oxygen atoms in total. The molecule has 1 aliphatic carbocycles. The molecule has 0 amide bonds. The molecule has 26 heavy (non-hydrogen) atoms. The highest BCUT2D eigenvalue weighted by atomic mass is 19.4. The summed E-state index contributed by atoms with van der Waals surface area (Å²) in [6, 6.07) is 0.409. The van der Waals surface area contributed by atoms with Gasteiger partial charge in [-0.3, -0.25) is 0 Å². The maximum absolute atomic E-state index is 10.6. The Bertz CT molecular complexity index is 588. The van der Waals surface area contributed by atoms with Crippen molar-refractivity contribution in [1.29, 1.82) is 0 Å². The number of rotatable bonds is 4. The predicted molar refractivity (Wildman–Crippen MR) is 93.2 cm³/mol. The zero-order valence-corrected chi connectivity index (χ0v) is 15.2. The normalized spacial score (nSPS) is 20.0. The van der Waals surface area contributed by atoms with E-state index >= 15 is 0 Å². The Morgan fingerprint density at radius 1 is 1.35 bits per heavy atom. The number of halogens is 3. The molecular formula is C16H26F3N5O2. The third-order valence-electron chi connectivity index (χ3n) is 4.05. The molecule has 4 N–H and O–H groups in total. The van der Waals surface area contributed by atoms with Crippen LogP contribution in [-0.2, 0) is 4.79 Å². The minimum absolute atomic E-state index is 0.409. The first-order chi connectivity index (χ1) is 12.0. The SMILES string of the molecule is Cc1cnc(NC[C@H]2CC[C@@H](N)CC2)nc1N(C)C.O=C(O)C(F)(F)F. The van der Waals surface area contributed by atoms with Crippen LogP contribution in [0.25, 0.3) is 0 Å². The number of aryl methyl sites for hydroxylation is 1. The number of carbonyl (C=O) groups is 1. The molecule has 1 fully saturated rings. The molecule has 0 radical (unpaired) electrons. The van der Waals surface area contributed by atoms with E-state index in [1.165, 1.54) is 12.8 Å². The third kappa shape index (κ3) is 7.42. The molecule has 0 aromatic carbocycles. The molecule has 1 saturated carbocycles. The fourth-order valence-electron chi connectivity index (χ4n) is 2.60. The second-order valence-electron chi connectivity index (χ2n) is 6.56. The number of alkyl halides is 3. The summed E-state index contributed by atoms with van der Waals surface area (Å²) in [4.78, 5) is 19.8. The topological polar surface area (TPSA) is 104 Å².